The van der Waals surface area contributed by atoms with Gasteiger partial charge in [-0.05, 0) is 18.6 Å². The summed E-state index contributed by atoms with van der Waals surface area (Å²) >= 11 is 0. The summed E-state index contributed by atoms with van der Waals surface area (Å²) in [6.45, 7) is 7.56. The molecule has 0 aliphatic carbocycles. The van der Waals surface area contributed by atoms with Crippen molar-refractivity contribution in [2.45, 2.75) is 27.7 Å². The van der Waals surface area contributed by atoms with E-state index < -0.39 is 0 Å². The lowest BCUT2D eigenvalue weighted by atomic mass is 10.2. The van der Waals surface area contributed by atoms with Gasteiger partial charge in [0.15, 0.2) is 0 Å². The van der Waals surface area contributed by atoms with Gasteiger partial charge in [0.2, 0.25) is 5.91 Å². The zero-order chi connectivity index (χ0) is 11.1. The van der Waals surface area contributed by atoms with E-state index in [2.05, 4.69) is 0 Å². The number of nitrogens with zero attached hydrogens (tertiary/aromatic N) is 1. The molecule has 0 aliphatic rings. The maximum absolute atomic E-state index is 11.0. The molecular formula is C12H19NO. The Labute approximate surface area is 86.5 Å². The molecule has 0 atom stereocenters. The van der Waals surface area contributed by atoms with Crippen LogP contribution in [0.15, 0.2) is 24.3 Å². The molecule has 0 fully saturated rings. The third kappa shape index (κ3) is 3.21. The Bertz CT molecular complexity index is 294. The molecule has 2 heteroatoms. The first-order chi connectivity index (χ1) is 6.63. The Hall–Kier alpha value is -1.31. The van der Waals surface area contributed by atoms with Crippen molar-refractivity contribution in [3.8, 4) is 0 Å². The van der Waals surface area contributed by atoms with Gasteiger partial charge in [-0.25, -0.2) is 0 Å². The second kappa shape index (κ2) is 6.19. The van der Waals surface area contributed by atoms with Crippen LogP contribution in [-0.4, -0.2) is 13.0 Å². The van der Waals surface area contributed by atoms with Crippen molar-refractivity contribution in [3.05, 3.63) is 29.8 Å². The average Bonchev–Trinajstić information content (AvgIpc) is 2.20. The molecular weight excluding hydrogens is 174 g/mol. The Morgan fingerprint density at radius 3 is 2.14 bits per heavy atom. The first-order valence-corrected chi connectivity index (χ1v) is 4.93. The smallest absolute Gasteiger partial charge is 0.223 e. The van der Waals surface area contributed by atoms with E-state index in [0.29, 0.717) is 0 Å². The van der Waals surface area contributed by atoms with Crippen LogP contribution in [0.3, 0.4) is 0 Å². The molecule has 0 radical (unpaired) electrons. The number of anilines is 1. The Balaban J connectivity index is 0.000000791. The standard InChI is InChI=1S/C10H13NO.C2H6/c1-8-6-4-5-7-10(8)11(3)9(2)12;1-2/h4-7H,1-3H3;1-2H3. The molecule has 2 nitrogen and oxygen atoms in total. The van der Waals surface area contributed by atoms with Crippen LogP contribution in [0, 0.1) is 6.92 Å². The molecule has 0 aliphatic heterocycles. The second-order valence-electron chi connectivity index (χ2n) is 2.86. The van der Waals surface area contributed by atoms with Crippen molar-refractivity contribution in [1.82, 2.24) is 0 Å². The van der Waals surface area contributed by atoms with E-state index in [4.69, 9.17) is 0 Å². The Morgan fingerprint density at radius 1 is 1.21 bits per heavy atom. The molecule has 14 heavy (non-hydrogen) atoms. The van der Waals surface area contributed by atoms with Crippen molar-refractivity contribution < 1.29 is 4.79 Å². The average molecular weight is 193 g/mol. The minimum atomic E-state index is 0.0595. The van der Waals surface area contributed by atoms with E-state index in [1.165, 1.54) is 0 Å². The van der Waals surface area contributed by atoms with Gasteiger partial charge in [-0.3, -0.25) is 4.79 Å². The molecule has 0 heterocycles. The summed E-state index contributed by atoms with van der Waals surface area (Å²) in [4.78, 5) is 12.7. The number of carbonyl (C=O) groups is 1. The van der Waals surface area contributed by atoms with Crippen molar-refractivity contribution in [1.29, 1.82) is 0 Å². The Kier molecular flexibility index (Phi) is 5.61. The zero-order valence-corrected chi connectivity index (χ0v) is 9.66. The van der Waals surface area contributed by atoms with Gasteiger partial charge in [0, 0.05) is 19.7 Å². The van der Waals surface area contributed by atoms with Crippen molar-refractivity contribution in [2.75, 3.05) is 11.9 Å². The largest absolute Gasteiger partial charge is 0.315 e. The highest BCUT2D eigenvalue weighted by atomic mass is 16.2. The van der Waals surface area contributed by atoms with E-state index in [1.807, 2.05) is 45.0 Å². The minimum Gasteiger partial charge on any atom is -0.315 e. The molecule has 1 rings (SSSR count). The maximum atomic E-state index is 11.0. The van der Waals surface area contributed by atoms with Gasteiger partial charge < -0.3 is 4.90 Å². The molecule has 0 bridgehead atoms. The van der Waals surface area contributed by atoms with Crippen LogP contribution in [0.2, 0.25) is 0 Å². The fourth-order valence-electron chi connectivity index (χ4n) is 1.11. The number of aryl methyl sites for hydroxylation is 1. The van der Waals surface area contributed by atoms with Gasteiger partial charge in [-0.15, -0.1) is 0 Å². The lowest BCUT2D eigenvalue weighted by molar-refractivity contribution is -0.116. The van der Waals surface area contributed by atoms with E-state index in [-0.39, 0.29) is 5.91 Å². The highest BCUT2D eigenvalue weighted by Crippen LogP contribution is 2.17. The predicted octanol–water partition coefficient (Wildman–Crippen LogP) is 3.00. The number of para-hydroxylation sites is 1. The number of benzene rings is 1. The fraction of sp³-hybridized carbons (Fsp3) is 0.417. The summed E-state index contributed by atoms with van der Waals surface area (Å²) in [5.74, 6) is 0.0595. The maximum Gasteiger partial charge on any atom is 0.223 e. The van der Waals surface area contributed by atoms with Gasteiger partial charge in [0.25, 0.3) is 0 Å². The summed E-state index contributed by atoms with van der Waals surface area (Å²) in [6.07, 6.45) is 0. The monoisotopic (exact) mass is 193 g/mol. The summed E-state index contributed by atoms with van der Waals surface area (Å²) in [5.41, 5.74) is 2.10. The van der Waals surface area contributed by atoms with Gasteiger partial charge in [-0.2, -0.15) is 0 Å². The number of hydrogen-bond acceptors (Lipinski definition) is 1. The quantitative estimate of drug-likeness (QED) is 0.671. The summed E-state index contributed by atoms with van der Waals surface area (Å²) in [6, 6.07) is 7.83. The second-order valence-corrected chi connectivity index (χ2v) is 2.86. The topological polar surface area (TPSA) is 20.3 Å². The molecule has 0 spiro atoms. The molecule has 1 aromatic carbocycles. The van der Waals surface area contributed by atoms with Crippen LogP contribution >= 0.6 is 0 Å². The fourth-order valence-corrected chi connectivity index (χ4v) is 1.11. The van der Waals surface area contributed by atoms with Gasteiger partial charge in [0.1, 0.15) is 0 Å². The van der Waals surface area contributed by atoms with Crippen LogP contribution in [-0.2, 0) is 4.79 Å². The minimum absolute atomic E-state index is 0.0595. The molecule has 0 aromatic heterocycles. The van der Waals surface area contributed by atoms with Crippen LogP contribution in [0.5, 0.6) is 0 Å². The molecule has 0 saturated heterocycles. The van der Waals surface area contributed by atoms with E-state index in [9.17, 15) is 4.79 Å². The predicted molar refractivity (Wildman–Crippen MR) is 61.6 cm³/mol. The van der Waals surface area contributed by atoms with Crippen molar-refractivity contribution in [2.24, 2.45) is 0 Å². The molecule has 0 unspecified atom stereocenters. The number of amides is 1. The van der Waals surface area contributed by atoms with Crippen molar-refractivity contribution in [3.63, 3.8) is 0 Å². The SMILES string of the molecule is CC.CC(=O)N(C)c1ccccc1C. The summed E-state index contributed by atoms with van der Waals surface area (Å²) in [7, 11) is 1.78. The summed E-state index contributed by atoms with van der Waals surface area (Å²) < 4.78 is 0. The third-order valence-corrected chi connectivity index (χ3v) is 1.95. The van der Waals surface area contributed by atoms with Gasteiger partial charge in [-0.1, -0.05) is 32.0 Å². The zero-order valence-electron chi connectivity index (χ0n) is 9.66. The van der Waals surface area contributed by atoms with Crippen LogP contribution in [0.25, 0.3) is 0 Å². The highest BCUT2D eigenvalue weighted by Gasteiger charge is 2.06. The number of rotatable bonds is 1. The summed E-state index contributed by atoms with van der Waals surface area (Å²) in [5, 5.41) is 0. The van der Waals surface area contributed by atoms with Gasteiger partial charge >= 0.3 is 0 Å². The van der Waals surface area contributed by atoms with Crippen LogP contribution in [0.1, 0.15) is 26.3 Å². The first-order valence-electron chi connectivity index (χ1n) is 4.93. The van der Waals surface area contributed by atoms with E-state index in [0.717, 1.165) is 11.3 Å². The van der Waals surface area contributed by atoms with Crippen molar-refractivity contribution >= 4 is 11.6 Å². The van der Waals surface area contributed by atoms with Gasteiger partial charge in [0.05, 0.1) is 0 Å². The Morgan fingerprint density at radius 2 is 1.71 bits per heavy atom. The lowest BCUT2D eigenvalue weighted by Crippen LogP contribution is -2.23. The van der Waals surface area contributed by atoms with Crippen LogP contribution < -0.4 is 4.90 Å². The molecule has 78 valence electrons. The third-order valence-electron chi connectivity index (χ3n) is 1.95. The normalized spacial score (nSPS) is 8.64. The highest BCUT2D eigenvalue weighted by molar-refractivity contribution is 5.91. The van der Waals surface area contributed by atoms with E-state index in [1.54, 1.807) is 18.9 Å². The lowest BCUT2D eigenvalue weighted by Gasteiger charge is -2.16. The first kappa shape index (κ1) is 12.7. The van der Waals surface area contributed by atoms with Crippen LogP contribution in [0.4, 0.5) is 5.69 Å². The number of carbonyl (C=O) groups excluding carboxylic acids is 1. The molecule has 0 N–H and O–H groups in total. The molecule has 1 aromatic rings. The van der Waals surface area contributed by atoms with E-state index >= 15 is 0 Å². The number of hydrogen-bond donors (Lipinski definition) is 0. The molecule has 0 saturated carbocycles. The molecule has 1 amide bonds.